The minimum atomic E-state index is -1.26. The number of aliphatic hydroxyl groups is 1. The van der Waals surface area contributed by atoms with Crippen LogP contribution in [-0.2, 0) is 14.4 Å². The average molecular weight is 326 g/mol. The molecular formula is C15H22N2O6. The van der Waals surface area contributed by atoms with Crippen LogP contribution in [0.25, 0.3) is 0 Å². The van der Waals surface area contributed by atoms with Gasteiger partial charge in [0.2, 0.25) is 0 Å². The van der Waals surface area contributed by atoms with Crippen molar-refractivity contribution in [3.63, 3.8) is 0 Å². The average Bonchev–Trinajstić information content (AvgIpc) is 2.97. The Hall–Kier alpha value is -1.93. The molecule has 2 bridgehead atoms. The first-order chi connectivity index (χ1) is 10.8. The molecule has 0 radical (unpaired) electrons. The molecule has 1 unspecified atom stereocenters. The molecule has 2 saturated heterocycles. The summed E-state index contributed by atoms with van der Waals surface area (Å²) < 4.78 is 0. The van der Waals surface area contributed by atoms with E-state index in [1.54, 1.807) is 0 Å². The van der Waals surface area contributed by atoms with Crippen molar-refractivity contribution in [3.8, 4) is 0 Å². The smallest absolute Gasteiger partial charge is 0.328 e. The number of fused-ring (bicyclic) bond motifs is 2. The fourth-order valence-electron chi connectivity index (χ4n) is 3.57. The fourth-order valence-corrected chi connectivity index (χ4v) is 3.57. The van der Waals surface area contributed by atoms with Gasteiger partial charge >= 0.3 is 11.9 Å². The molecule has 0 amide bonds. The molecule has 23 heavy (non-hydrogen) atoms. The second-order valence-electron chi connectivity index (χ2n) is 6.24. The predicted molar refractivity (Wildman–Crippen MR) is 81.2 cm³/mol. The summed E-state index contributed by atoms with van der Waals surface area (Å²) in [4.78, 5) is 27.2. The van der Waals surface area contributed by atoms with Gasteiger partial charge in [0.25, 0.3) is 0 Å². The van der Waals surface area contributed by atoms with Crippen molar-refractivity contribution in [1.29, 1.82) is 0 Å². The van der Waals surface area contributed by atoms with Crippen molar-refractivity contribution in [3.05, 3.63) is 12.2 Å². The molecule has 128 valence electrons. The van der Waals surface area contributed by atoms with Gasteiger partial charge in [-0.15, -0.1) is 0 Å². The van der Waals surface area contributed by atoms with Crippen molar-refractivity contribution in [1.82, 2.24) is 4.90 Å². The minimum Gasteiger partial charge on any atom is -0.478 e. The zero-order valence-electron chi connectivity index (χ0n) is 13.0. The highest BCUT2D eigenvalue weighted by Crippen LogP contribution is 2.45. The zero-order valence-corrected chi connectivity index (χ0v) is 13.0. The van der Waals surface area contributed by atoms with E-state index in [9.17, 15) is 9.59 Å². The normalized spacial score (nSPS) is 32.3. The maximum atomic E-state index is 9.55. The number of oxime groups is 1. The van der Waals surface area contributed by atoms with Gasteiger partial charge in [-0.05, 0) is 19.9 Å². The maximum Gasteiger partial charge on any atom is 0.328 e. The first-order valence-electron chi connectivity index (χ1n) is 7.56. The lowest BCUT2D eigenvalue weighted by molar-refractivity contribution is -0.134. The topological polar surface area (TPSA) is 120 Å². The van der Waals surface area contributed by atoms with Crippen LogP contribution in [0.4, 0.5) is 0 Å². The molecule has 1 spiro atoms. The molecule has 0 aliphatic carbocycles. The standard InChI is InChI=1S/C11H18N2O2.C4H4O4/c1-13-9-2-3-10(13)6-11(5-9)4-8(7-14)12-15-11;5-3(6)1-2-4(7)8/h9-10,14H,2-7H2,1H3;1-2H,(H,5,6)(H,7,8)/b;2-1+/t9-,10+,11?;. The van der Waals surface area contributed by atoms with Gasteiger partial charge < -0.3 is 25.1 Å². The van der Waals surface area contributed by atoms with Crippen LogP contribution < -0.4 is 0 Å². The van der Waals surface area contributed by atoms with E-state index >= 15 is 0 Å². The molecule has 0 saturated carbocycles. The van der Waals surface area contributed by atoms with Crippen molar-refractivity contribution in [2.45, 2.75) is 49.8 Å². The Morgan fingerprint density at radius 2 is 1.78 bits per heavy atom. The largest absolute Gasteiger partial charge is 0.478 e. The number of carboxylic acids is 2. The highest BCUT2D eigenvalue weighted by Gasteiger charge is 2.51. The lowest BCUT2D eigenvalue weighted by Crippen LogP contribution is -2.49. The molecule has 8 heteroatoms. The highest BCUT2D eigenvalue weighted by atomic mass is 16.7. The number of carbonyl (C=O) groups is 2. The van der Waals surface area contributed by atoms with Crippen LogP contribution in [0, 0.1) is 0 Å². The highest BCUT2D eigenvalue weighted by molar-refractivity contribution is 5.89. The van der Waals surface area contributed by atoms with Gasteiger partial charge in [-0.1, -0.05) is 5.16 Å². The number of nitrogens with zero attached hydrogens (tertiary/aromatic N) is 2. The van der Waals surface area contributed by atoms with Gasteiger partial charge in [-0.25, -0.2) is 9.59 Å². The lowest BCUT2D eigenvalue weighted by atomic mass is 9.83. The van der Waals surface area contributed by atoms with Gasteiger partial charge in [-0.2, -0.15) is 0 Å². The summed E-state index contributed by atoms with van der Waals surface area (Å²) in [7, 11) is 2.22. The molecule has 3 aliphatic heterocycles. The summed E-state index contributed by atoms with van der Waals surface area (Å²) in [5.74, 6) is -2.51. The SMILES string of the molecule is CN1[C@@H]2CC[C@H]1CC1(CC(CO)=NO1)C2.O=C(O)/C=C/C(=O)O. The molecule has 3 rings (SSSR count). The monoisotopic (exact) mass is 326 g/mol. The number of hydrogen-bond donors (Lipinski definition) is 3. The third-order valence-electron chi connectivity index (χ3n) is 4.65. The zero-order chi connectivity index (χ0) is 17.0. The third-order valence-corrected chi connectivity index (χ3v) is 4.65. The number of rotatable bonds is 3. The Bertz CT molecular complexity index is 500. The Kier molecular flexibility index (Phi) is 5.38. The van der Waals surface area contributed by atoms with Crippen molar-refractivity contribution in [2.75, 3.05) is 13.7 Å². The lowest BCUT2D eigenvalue weighted by Gasteiger charge is -2.41. The quantitative estimate of drug-likeness (QED) is 0.645. The van der Waals surface area contributed by atoms with E-state index in [0.717, 1.165) is 25.0 Å². The van der Waals surface area contributed by atoms with Gasteiger partial charge in [0.15, 0.2) is 0 Å². The number of aliphatic carboxylic acids is 2. The molecule has 2 fully saturated rings. The van der Waals surface area contributed by atoms with Crippen LogP contribution >= 0.6 is 0 Å². The first-order valence-corrected chi connectivity index (χ1v) is 7.56. The van der Waals surface area contributed by atoms with E-state index in [1.165, 1.54) is 12.8 Å². The summed E-state index contributed by atoms with van der Waals surface area (Å²) >= 11 is 0. The maximum absolute atomic E-state index is 9.55. The minimum absolute atomic E-state index is 0.0485. The summed E-state index contributed by atoms with van der Waals surface area (Å²) in [6.07, 6.45) is 6.69. The van der Waals surface area contributed by atoms with E-state index in [2.05, 4.69) is 17.1 Å². The Labute approximate surface area is 134 Å². The summed E-state index contributed by atoms with van der Waals surface area (Å²) in [6, 6.07) is 1.33. The molecule has 3 heterocycles. The van der Waals surface area contributed by atoms with E-state index < -0.39 is 11.9 Å². The fraction of sp³-hybridized carbons (Fsp3) is 0.667. The molecule has 3 aliphatic rings. The Morgan fingerprint density at radius 3 is 2.17 bits per heavy atom. The van der Waals surface area contributed by atoms with E-state index in [-0.39, 0.29) is 12.2 Å². The van der Waals surface area contributed by atoms with Crippen LogP contribution in [0.2, 0.25) is 0 Å². The van der Waals surface area contributed by atoms with Crippen LogP contribution in [0.5, 0.6) is 0 Å². The molecule has 3 N–H and O–H groups in total. The van der Waals surface area contributed by atoms with Crippen LogP contribution in [-0.4, -0.2) is 69.2 Å². The number of aliphatic hydroxyl groups excluding tert-OH is 1. The first kappa shape index (κ1) is 17.4. The van der Waals surface area contributed by atoms with Crippen molar-refractivity contribution >= 4 is 17.7 Å². The van der Waals surface area contributed by atoms with Gasteiger partial charge in [-0.3, -0.25) is 0 Å². The van der Waals surface area contributed by atoms with E-state index in [0.29, 0.717) is 24.2 Å². The summed E-state index contributed by atoms with van der Waals surface area (Å²) in [5, 5.41) is 28.7. The molecule has 0 aromatic rings. The second-order valence-corrected chi connectivity index (χ2v) is 6.24. The number of piperidine rings is 1. The molecule has 3 atom stereocenters. The number of carboxylic acid groups (broad SMARTS) is 2. The van der Waals surface area contributed by atoms with Crippen LogP contribution in [0.1, 0.15) is 32.1 Å². The van der Waals surface area contributed by atoms with Crippen molar-refractivity contribution in [2.24, 2.45) is 5.16 Å². The third kappa shape index (κ3) is 4.29. The van der Waals surface area contributed by atoms with Crippen molar-refractivity contribution < 1.29 is 29.7 Å². The molecule has 0 aromatic heterocycles. The Morgan fingerprint density at radius 1 is 1.26 bits per heavy atom. The Balaban J connectivity index is 0.000000207. The van der Waals surface area contributed by atoms with Crippen LogP contribution in [0.3, 0.4) is 0 Å². The second kappa shape index (κ2) is 7.10. The summed E-state index contributed by atoms with van der Waals surface area (Å²) in [5.41, 5.74) is 0.745. The van der Waals surface area contributed by atoms with Gasteiger partial charge in [0.1, 0.15) is 5.60 Å². The number of hydrogen-bond acceptors (Lipinski definition) is 6. The van der Waals surface area contributed by atoms with E-state index in [1.807, 2.05) is 0 Å². The summed E-state index contributed by atoms with van der Waals surface area (Å²) in [6.45, 7) is 0.0485. The van der Waals surface area contributed by atoms with Crippen LogP contribution in [0.15, 0.2) is 17.3 Å². The van der Waals surface area contributed by atoms with E-state index in [4.69, 9.17) is 20.2 Å². The predicted octanol–water partition coefficient (Wildman–Crippen LogP) is 0.462. The van der Waals surface area contributed by atoms with Gasteiger partial charge in [0, 0.05) is 43.5 Å². The molecule has 0 aromatic carbocycles. The van der Waals surface area contributed by atoms with Gasteiger partial charge in [0.05, 0.1) is 12.3 Å². The molecular weight excluding hydrogens is 304 g/mol. The molecule has 8 nitrogen and oxygen atoms in total.